The Morgan fingerprint density at radius 2 is 1.89 bits per heavy atom. The molecule has 6 unspecified atom stereocenters. The molecule has 11 heteroatoms. The standard InChI is InChI=1S/C35H40F4N4O3/c1-17-8-6-5-7-9-21(12-17)43-34(45)23-14-22-19(3)33(42-29(22)15-24(23)35(43)46)30(20(4)44)28(10-11-40)41-18(2)13-25-31(38)26(36)16-27(37)32(25)39/h5-6,11-12,15-18,20,23,30,34,40,42,44-45H,7-10,13-14H2,1-4H3. The maximum absolute atomic E-state index is 14.4. The number of allylic oxidation sites excluding steroid dienone is 4. The normalized spacial score (nSPS) is 23.6. The summed E-state index contributed by atoms with van der Waals surface area (Å²) < 4.78 is 56.4. The Balaban J connectivity index is 1.47. The highest BCUT2D eigenvalue weighted by molar-refractivity contribution is 6.03. The Hall–Kier alpha value is -3.83. The van der Waals surface area contributed by atoms with Gasteiger partial charge in [-0.05, 0) is 69.6 Å². The van der Waals surface area contributed by atoms with Crippen molar-refractivity contribution in [1.29, 1.82) is 5.41 Å². The zero-order chi connectivity index (χ0) is 33.4. The number of carbonyl (C=O) groups excluding carboxylic acids is 1. The molecule has 0 radical (unpaired) electrons. The lowest BCUT2D eigenvalue weighted by Gasteiger charge is -2.27. The molecule has 1 aromatic carbocycles. The highest BCUT2D eigenvalue weighted by atomic mass is 19.2. The van der Waals surface area contributed by atoms with Crippen molar-refractivity contribution in [3.63, 3.8) is 0 Å². The fraction of sp³-hybridized carbons (Fsp3) is 0.457. The summed E-state index contributed by atoms with van der Waals surface area (Å²) in [5, 5.41) is 30.2. The number of H-pyrrole nitrogens is 1. The molecule has 0 saturated carbocycles. The Morgan fingerprint density at radius 1 is 1.20 bits per heavy atom. The van der Waals surface area contributed by atoms with Crippen LogP contribution >= 0.6 is 0 Å². The quantitative estimate of drug-likeness (QED) is 0.110. The van der Waals surface area contributed by atoms with Gasteiger partial charge < -0.3 is 20.6 Å². The predicted octanol–water partition coefficient (Wildman–Crippen LogP) is 6.43. The minimum atomic E-state index is -1.50. The second-order valence-corrected chi connectivity index (χ2v) is 12.7. The molecule has 7 nitrogen and oxygen atoms in total. The Labute approximate surface area is 265 Å². The number of likely N-dealkylation sites (tertiary alicyclic amines) is 1. The van der Waals surface area contributed by atoms with Crippen LogP contribution < -0.4 is 0 Å². The van der Waals surface area contributed by atoms with E-state index in [1.54, 1.807) is 13.0 Å². The molecule has 1 saturated heterocycles. The number of halogens is 4. The molecule has 46 heavy (non-hydrogen) atoms. The summed E-state index contributed by atoms with van der Waals surface area (Å²) in [5.41, 5.74) is 3.85. The van der Waals surface area contributed by atoms with Crippen molar-refractivity contribution in [2.24, 2.45) is 16.8 Å². The van der Waals surface area contributed by atoms with Crippen molar-refractivity contribution < 1.29 is 32.6 Å². The minimum absolute atomic E-state index is 0.00407. The zero-order valence-corrected chi connectivity index (χ0v) is 26.4. The van der Waals surface area contributed by atoms with Gasteiger partial charge in [0.2, 0.25) is 0 Å². The van der Waals surface area contributed by atoms with Crippen molar-refractivity contribution in [2.75, 3.05) is 0 Å². The molecular weight excluding hydrogens is 600 g/mol. The Kier molecular flexibility index (Phi) is 9.83. The number of hydrogen-bond acceptors (Lipinski definition) is 5. The lowest BCUT2D eigenvalue weighted by Crippen LogP contribution is -2.35. The predicted molar refractivity (Wildman–Crippen MR) is 168 cm³/mol. The summed E-state index contributed by atoms with van der Waals surface area (Å²) in [5.74, 6) is -7.20. The fourth-order valence-electron chi connectivity index (χ4n) is 7.01. The summed E-state index contributed by atoms with van der Waals surface area (Å²) >= 11 is 0. The first-order valence-corrected chi connectivity index (χ1v) is 15.7. The van der Waals surface area contributed by atoms with Crippen molar-refractivity contribution in [2.45, 2.75) is 90.5 Å². The second-order valence-electron chi connectivity index (χ2n) is 12.7. The smallest absolute Gasteiger partial charge is 0.256 e. The van der Waals surface area contributed by atoms with Crippen molar-refractivity contribution in [3.8, 4) is 0 Å². The van der Waals surface area contributed by atoms with E-state index in [9.17, 15) is 32.6 Å². The van der Waals surface area contributed by atoms with Crippen LogP contribution in [0.3, 0.4) is 0 Å². The molecule has 2 aliphatic carbocycles. The summed E-state index contributed by atoms with van der Waals surface area (Å²) in [4.78, 5) is 23.2. The molecule has 3 aliphatic rings. The van der Waals surface area contributed by atoms with Gasteiger partial charge in [0.25, 0.3) is 5.91 Å². The van der Waals surface area contributed by atoms with E-state index in [-0.39, 0.29) is 24.3 Å². The van der Waals surface area contributed by atoms with Gasteiger partial charge in [-0.25, -0.2) is 17.6 Å². The number of amides is 1. The SMILES string of the molecule is Cc1c(C(C(CC=N)=NC(C)Cc2c(F)c(F)cc(F)c2F)C(C)O)[nH]c2c1CC1C(=C2)C(=O)N(C2=CC(C)CC=CCC2)C1O. The van der Waals surface area contributed by atoms with Crippen molar-refractivity contribution in [3.05, 3.63) is 86.9 Å². The summed E-state index contributed by atoms with van der Waals surface area (Å²) in [6.45, 7) is 7.05. The molecule has 5 rings (SSSR count). The molecule has 1 fully saturated rings. The minimum Gasteiger partial charge on any atom is -0.392 e. The Morgan fingerprint density at radius 3 is 2.54 bits per heavy atom. The first kappa shape index (κ1) is 33.5. The highest BCUT2D eigenvalue weighted by Gasteiger charge is 2.47. The number of aliphatic hydroxyl groups is 2. The van der Waals surface area contributed by atoms with E-state index in [1.165, 1.54) is 11.8 Å². The van der Waals surface area contributed by atoms with E-state index in [2.05, 4.69) is 35.1 Å². The van der Waals surface area contributed by atoms with Gasteiger partial charge >= 0.3 is 0 Å². The van der Waals surface area contributed by atoms with Crippen LogP contribution in [-0.4, -0.2) is 56.3 Å². The van der Waals surface area contributed by atoms with Crippen LogP contribution in [0.4, 0.5) is 17.6 Å². The summed E-state index contributed by atoms with van der Waals surface area (Å²) in [7, 11) is 0. The van der Waals surface area contributed by atoms with Crippen molar-refractivity contribution in [1.82, 2.24) is 9.88 Å². The van der Waals surface area contributed by atoms with Crippen LogP contribution in [-0.2, 0) is 17.6 Å². The number of nitrogens with zero attached hydrogens (tertiary/aromatic N) is 2. The maximum Gasteiger partial charge on any atom is 0.256 e. The van der Waals surface area contributed by atoms with E-state index >= 15 is 0 Å². The number of hydrogen-bond donors (Lipinski definition) is 4. The largest absolute Gasteiger partial charge is 0.392 e. The topological polar surface area (TPSA) is 113 Å². The number of aliphatic hydroxyl groups excluding tert-OH is 2. The van der Waals surface area contributed by atoms with E-state index < -0.39 is 65.5 Å². The number of aromatic amines is 1. The molecule has 2 aromatic rings. The number of carbonyl (C=O) groups is 1. The number of rotatable bonds is 9. The van der Waals surface area contributed by atoms with Gasteiger partial charge in [0, 0.05) is 65.0 Å². The van der Waals surface area contributed by atoms with Gasteiger partial charge in [0.1, 0.15) is 6.23 Å². The fourth-order valence-corrected chi connectivity index (χ4v) is 7.01. The molecule has 0 bridgehead atoms. The second kappa shape index (κ2) is 13.5. The molecule has 0 spiro atoms. The monoisotopic (exact) mass is 640 g/mol. The third-order valence-electron chi connectivity index (χ3n) is 9.24. The molecule has 246 valence electrons. The van der Waals surface area contributed by atoms with E-state index in [0.29, 0.717) is 35.5 Å². The van der Waals surface area contributed by atoms with Crippen LogP contribution in [0, 0.1) is 47.4 Å². The van der Waals surface area contributed by atoms with Crippen LogP contribution in [0.25, 0.3) is 6.08 Å². The number of benzene rings is 1. The first-order chi connectivity index (χ1) is 21.8. The van der Waals surface area contributed by atoms with E-state index in [4.69, 9.17) is 5.41 Å². The zero-order valence-electron chi connectivity index (χ0n) is 26.4. The van der Waals surface area contributed by atoms with E-state index in [0.717, 1.165) is 35.9 Å². The van der Waals surface area contributed by atoms with Crippen LogP contribution in [0.1, 0.15) is 80.5 Å². The van der Waals surface area contributed by atoms with Crippen LogP contribution in [0.15, 0.2) is 40.6 Å². The van der Waals surface area contributed by atoms with Crippen molar-refractivity contribution >= 4 is 23.9 Å². The third kappa shape index (κ3) is 6.27. The van der Waals surface area contributed by atoms with Gasteiger partial charge in [-0.3, -0.25) is 14.7 Å². The van der Waals surface area contributed by atoms with Gasteiger partial charge in [0.15, 0.2) is 23.3 Å². The highest BCUT2D eigenvalue weighted by Crippen LogP contribution is 2.43. The molecule has 4 N–H and O–H groups in total. The van der Waals surface area contributed by atoms with Gasteiger partial charge in [-0.15, -0.1) is 0 Å². The summed E-state index contributed by atoms with van der Waals surface area (Å²) in [6, 6.07) is -0.698. The molecular formula is C35H40F4N4O3. The third-order valence-corrected chi connectivity index (χ3v) is 9.24. The van der Waals surface area contributed by atoms with Crippen LogP contribution in [0.2, 0.25) is 0 Å². The van der Waals surface area contributed by atoms with Crippen LogP contribution in [0.5, 0.6) is 0 Å². The lowest BCUT2D eigenvalue weighted by molar-refractivity contribution is -0.128. The average molecular weight is 641 g/mol. The number of aliphatic imine (C=N–C) groups is 1. The van der Waals surface area contributed by atoms with Gasteiger partial charge in [-0.1, -0.05) is 25.2 Å². The van der Waals surface area contributed by atoms with E-state index in [1.807, 2.05) is 6.92 Å². The molecule has 6 atom stereocenters. The maximum atomic E-state index is 14.4. The number of nitrogens with one attached hydrogen (secondary N) is 2. The molecule has 2 heterocycles. The molecule has 1 amide bonds. The van der Waals surface area contributed by atoms with Gasteiger partial charge in [-0.2, -0.15) is 0 Å². The lowest BCUT2D eigenvalue weighted by atomic mass is 9.84. The molecule has 1 aliphatic heterocycles. The first-order valence-electron chi connectivity index (χ1n) is 15.7. The Bertz CT molecular complexity index is 1630. The van der Waals surface area contributed by atoms with Gasteiger partial charge in [0.05, 0.1) is 18.1 Å². The average Bonchev–Trinajstić information content (AvgIpc) is 3.42. The summed E-state index contributed by atoms with van der Waals surface area (Å²) in [6.07, 6.45) is 9.37. The number of fused-ring (bicyclic) bond motifs is 2. The molecule has 1 aromatic heterocycles. The number of aromatic nitrogens is 1.